The van der Waals surface area contributed by atoms with Crippen LogP contribution in [0.15, 0.2) is 43.0 Å². The molecule has 0 N–H and O–H groups in total. The fraction of sp³-hybridized carbons (Fsp3) is 0.417. The Balaban J connectivity index is 1.70. The van der Waals surface area contributed by atoms with Crippen LogP contribution < -0.4 is 0 Å². The van der Waals surface area contributed by atoms with Crippen molar-refractivity contribution in [2.45, 2.75) is 31.5 Å². The van der Waals surface area contributed by atoms with Crippen LogP contribution in [0.5, 0.6) is 0 Å². The zero-order valence-electron chi connectivity index (χ0n) is 16.9. The number of hydrogen-bond acceptors (Lipinski definition) is 2. The van der Waals surface area contributed by atoms with Crippen LogP contribution in [0.25, 0.3) is 0 Å². The van der Waals surface area contributed by atoms with Gasteiger partial charge in [-0.2, -0.15) is 0 Å². The lowest BCUT2D eigenvalue weighted by Crippen LogP contribution is -2.46. The van der Waals surface area contributed by atoms with Crippen LogP contribution in [0.3, 0.4) is 0 Å². The minimum atomic E-state index is -2.22. The quantitative estimate of drug-likeness (QED) is 0.244. The van der Waals surface area contributed by atoms with E-state index < -0.39 is 40.4 Å². The Bertz CT molecular complexity index is 917. The first-order valence-corrected chi connectivity index (χ1v) is 10.4. The molecule has 31 heavy (non-hydrogen) atoms. The second kappa shape index (κ2) is 8.71. The molecule has 0 spiro atoms. The Hall–Kier alpha value is -2.25. The second-order valence-electron chi connectivity index (χ2n) is 8.22. The van der Waals surface area contributed by atoms with Gasteiger partial charge >= 0.3 is 0 Å². The average molecular weight is 438 g/mol. The normalized spacial score (nSPS) is 29.0. The lowest BCUT2D eigenvalue weighted by atomic mass is 9.76. The zero-order valence-corrected chi connectivity index (χ0v) is 16.9. The second-order valence-corrected chi connectivity index (χ2v) is 8.22. The van der Waals surface area contributed by atoms with E-state index in [0.29, 0.717) is 11.8 Å². The van der Waals surface area contributed by atoms with Gasteiger partial charge in [0.1, 0.15) is 0 Å². The Kier molecular flexibility index (Phi) is 6.17. The highest BCUT2D eigenvalue weighted by Crippen LogP contribution is 2.45. The highest BCUT2D eigenvalue weighted by molar-refractivity contribution is 5.37. The zero-order chi connectivity index (χ0) is 22.2. The highest BCUT2D eigenvalue weighted by Gasteiger charge is 2.49. The Morgan fingerprint density at radius 2 is 1.26 bits per heavy atom. The average Bonchev–Trinajstić information content (AvgIpc) is 2.82. The molecule has 2 fully saturated rings. The molecule has 4 rings (SSSR count). The summed E-state index contributed by atoms with van der Waals surface area (Å²) in [6, 6.07) is 7.79. The Morgan fingerprint density at radius 1 is 0.742 bits per heavy atom. The van der Waals surface area contributed by atoms with Crippen molar-refractivity contribution in [3.8, 4) is 0 Å². The molecule has 0 unspecified atom stereocenters. The maximum atomic E-state index is 14.8. The molecule has 0 aromatic heterocycles. The number of allylic oxidation sites excluding steroid dienone is 1. The molecule has 1 heterocycles. The van der Waals surface area contributed by atoms with Gasteiger partial charge in [0.15, 0.2) is 23.3 Å². The van der Waals surface area contributed by atoms with Crippen molar-refractivity contribution in [3.05, 3.63) is 83.2 Å². The van der Waals surface area contributed by atoms with Gasteiger partial charge in [-0.25, -0.2) is 22.0 Å². The van der Waals surface area contributed by atoms with Crippen molar-refractivity contribution in [2.75, 3.05) is 13.2 Å². The first kappa shape index (κ1) is 22.0. The van der Waals surface area contributed by atoms with Crippen molar-refractivity contribution in [2.24, 2.45) is 17.8 Å². The standard InChI is InChI=1S/C24H23F5O2/c1-2-14-8-10-15(11-9-14)16-12-30-24(31-13-16,17-6-4-3-5-7-17)18-19(25)21(27)23(29)22(28)20(18)26/h2-7,14-16H,1,8-13H2. The lowest BCUT2D eigenvalue weighted by Gasteiger charge is -2.44. The van der Waals surface area contributed by atoms with E-state index in [1.807, 2.05) is 6.08 Å². The maximum absolute atomic E-state index is 14.8. The van der Waals surface area contributed by atoms with Crippen molar-refractivity contribution in [3.63, 3.8) is 0 Å². The molecule has 1 aliphatic carbocycles. The van der Waals surface area contributed by atoms with E-state index in [0.717, 1.165) is 25.7 Å². The maximum Gasteiger partial charge on any atom is 0.228 e. The van der Waals surface area contributed by atoms with Crippen LogP contribution in [0.2, 0.25) is 0 Å². The van der Waals surface area contributed by atoms with Crippen LogP contribution in [0.4, 0.5) is 22.0 Å². The van der Waals surface area contributed by atoms with Gasteiger partial charge < -0.3 is 9.47 Å². The summed E-state index contributed by atoms with van der Waals surface area (Å²) in [7, 11) is 0. The molecule has 0 amide bonds. The van der Waals surface area contributed by atoms with E-state index in [1.165, 1.54) is 12.1 Å². The largest absolute Gasteiger partial charge is 0.342 e. The summed E-state index contributed by atoms with van der Waals surface area (Å²) in [6.07, 6.45) is 5.82. The van der Waals surface area contributed by atoms with E-state index >= 15 is 0 Å². The molecule has 2 aromatic carbocycles. The number of halogens is 5. The number of rotatable bonds is 4. The van der Waals surface area contributed by atoms with E-state index in [4.69, 9.17) is 9.47 Å². The minimum Gasteiger partial charge on any atom is -0.342 e. The molecular formula is C24H23F5O2. The number of benzene rings is 2. The fourth-order valence-corrected chi connectivity index (χ4v) is 4.67. The molecule has 0 bridgehead atoms. The van der Waals surface area contributed by atoms with E-state index in [1.54, 1.807) is 18.2 Å². The van der Waals surface area contributed by atoms with Gasteiger partial charge in [-0.15, -0.1) is 6.58 Å². The van der Waals surface area contributed by atoms with Crippen molar-refractivity contribution >= 4 is 0 Å². The van der Waals surface area contributed by atoms with Gasteiger partial charge in [-0.05, 0) is 37.5 Å². The third-order valence-electron chi connectivity index (χ3n) is 6.51. The van der Waals surface area contributed by atoms with E-state index in [9.17, 15) is 22.0 Å². The Morgan fingerprint density at radius 3 is 1.77 bits per heavy atom. The van der Waals surface area contributed by atoms with Crippen LogP contribution in [0.1, 0.15) is 36.8 Å². The van der Waals surface area contributed by atoms with Gasteiger partial charge in [0.25, 0.3) is 0 Å². The number of ether oxygens (including phenoxy) is 2. The number of hydrogen-bond donors (Lipinski definition) is 0. The summed E-state index contributed by atoms with van der Waals surface area (Å²) in [5.41, 5.74) is -0.962. The van der Waals surface area contributed by atoms with Crippen LogP contribution in [0, 0.1) is 46.8 Å². The monoisotopic (exact) mass is 438 g/mol. The van der Waals surface area contributed by atoms with Crippen molar-refractivity contribution in [1.82, 2.24) is 0 Å². The molecular weight excluding hydrogens is 415 g/mol. The third-order valence-corrected chi connectivity index (χ3v) is 6.51. The molecule has 0 atom stereocenters. The van der Waals surface area contributed by atoms with Crippen molar-refractivity contribution in [1.29, 1.82) is 0 Å². The Labute approximate surface area is 177 Å². The van der Waals surface area contributed by atoms with Gasteiger partial charge in [0.2, 0.25) is 11.6 Å². The van der Waals surface area contributed by atoms with Crippen LogP contribution in [-0.4, -0.2) is 13.2 Å². The topological polar surface area (TPSA) is 18.5 Å². The summed E-state index contributed by atoms with van der Waals surface area (Å²) < 4.78 is 82.9. The van der Waals surface area contributed by atoms with Crippen molar-refractivity contribution < 1.29 is 31.4 Å². The van der Waals surface area contributed by atoms with Gasteiger partial charge in [0.05, 0.1) is 18.8 Å². The van der Waals surface area contributed by atoms with Crippen LogP contribution >= 0.6 is 0 Å². The molecule has 2 nitrogen and oxygen atoms in total. The summed E-state index contributed by atoms with van der Waals surface area (Å²) >= 11 is 0. The van der Waals surface area contributed by atoms with E-state index in [-0.39, 0.29) is 24.7 Å². The predicted molar refractivity (Wildman–Crippen MR) is 104 cm³/mol. The van der Waals surface area contributed by atoms with Gasteiger partial charge in [0, 0.05) is 11.5 Å². The first-order chi connectivity index (χ1) is 14.9. The summed E-state index contributed by atoms with van der Waals surface area (Å²) in [5.74, 6) is -11.7. The fourth-order valence-electron chi connectivity index (χ4n) is 4.67. The highest BCUT2D eigenvalue weighted by atomic mass is 19.2. The van der Waals surface area contributed by atoms with E-state index in [2.05, 4.69) is 6.58 Å². The lowest BCUT2D eigenvalue weighted by molar-refractivity contribution is -0.276. The van der Waals surface area contributed by atoms with Gasteiger partial charge in [-0.3, -0.25) is 0 Å². The SMILES string of the molecule is C=CC1CCC(C2COC(c3ccccc3)(c3c(F)c(F)c(F)c(F)c3F)OC2)CC1. The summed E-state index contributed by atoms with van der Waals surface area (Å²) in [6.45, 7) is 4.00. The minimum absolute atomic E-state index is 0.0381. The third kappa shape index (κ3) is 3.78. The smallest absolute Gasteiger partial charge is 0.228 e. The molecule has 1 saturated carbocycles. The van der Waals surface area contributed by atoms with Gasteiger partial charge in [-0.1, -0.05) is 36.4 Å². The molecule has 1 saturated heterocycles. The molecule has 0 radical (unpaired) electrons. The first-order valence-electron chi connectivity index (χ1n) is 10.4. The van der Waals surface area contributed by atoms with Crippen LogP contribution in [-0.2, 0) is 15.3 Å². The molecule has 166 valence electrons. The molecule has 1 aliphatic heterocycles. The predicted octanol–water partition coefficient (Wildman–Crippen LogP) is 6.24. The molecule has 2 aliphatic rings. The summed E-state index contributed by atoms with van der Waals surface area (Å²) in [4.78, 5) is 0. The molecule has 2 aromatic rings. The summed E-state index contributed by atoms with van der Waals surface area (Å²) in [5, 5.41) is 0. The molecule has 7 heteroatoms.